The molecule has 0 amide bonds. The predicted octanol–water partition coefficient (Wildman–Crippen LogP) is 7.53. The number of fused-ring (bicyclic) bond motifs is 2. The fourth-order valence-electron chi connectivity index (χ4n) is 5.42. The van der Waals surface area contributed by atoms with Crippen LogP contribution < -0.4 is 4.74 Å². The van der Waals surface area contributed by atoms with Gasteiger partial charge in [0.25, 0.3) is 0 Å². The monoisotopic (exact) mass is 402 g/mol. The summed E-state index contributed by atoms with van der Waals surface area (Å²) in [5.41, 5.74) is 0.900. The lowest BCUT2D eigenvalue weighted by molar-refractivity contribution is 0.124. The standard InChI is InChI=1S/C25H29F3O/c1-3-4-9-29-22-14-20-12-19(13-21(26)23(20)25(28)24(22)27)18-8-7-16-10-15(2)5-6-17(16)11-18/h3-4,12-18H,5-11H2,1-2H3/b4-3+/t15?,16-,17?,18-/m1/s1. The molecule has 4 atom stereocenters. The Morgan fingerprint density at radius 1 is 0.966 bits per heavy atom. The van der Waals surface area contributed by atoms with Crippen LogP contribution in [0.4, 0.5) is 13.2 Å². The predicted molar refractivity (Wildman–Crippen MR) is 111 cm³/mol. The van der Waals surface area contributed by atoms with Crippen LogP contribution in [0.25, 0.3) is 10.8 Å². The van der Waals surface area contributed by atoms with Gasteiger partial charge in [-0.25, -0.2) is 8.78 Å². The lowest BCUT2D eigenvalue weighted by atomic mass is 9.64. The fraction of sp³-hybridized carbons (Fsp3) is 0.520. The summed E-state index contributed by atoms with van der Waals surface area (Å²) in [6.45, 7) is 4.30. The summed E-state index contributed by atoms with van der Waals surface area (Å²) >= 11 is 0. The Morgan fingerprint density at radius 2 is 1.72 bits per heavy atom. The van der Waals surface area contributed by atoms with Crippen molar-refractivity contribution in [2.75, 3.05) is 6.61 Å². The van der Waals surface area contributed by atoms with Crippen LogP contribution in [0.2, 0.25) is 0 Å². The van der Waals surface area contributed by atoms with Gasteiger partial charge in [0.1, 0.15) is 12.4 Å². The molecule has 2 saturated carbocycles. The van der Waals surface area contributed by atoms with Gasteiger partial charge in [0.15, 0.2) is 11.6 Å². The highest BCUT2D eigenvalue weighted by Crippen LogP contribution is 2.48. The summed E-state index contributed by atoms with van der Waals surface area (Å²) < 4.78 is 49.0. The first-order chi connectivity index (χ1) is 14.0. The molecule has 0 bridgehead atoms. The lowest BCUT2D eigenvalue weighted by Gasteiger charge is -2.41. The van der Waals surface area contributed by atoms with Crippen LogP contribution in [0.15, 0.2) is 30.4 Å². The molecule has 2 aliphatic rings. The van der Waals surface area contributed by atoms with Gasteiger partial charge >= 0.3 is 0 Å². The Balaban J connectivity index is 1.65. The highest BCUT2D eigenvalue weighted by molar-refractivity contribution is 5.86. The van der Waals surface area contributed by atoms with E-state index < -0.39 is 17.5 Å². The second kappa shape index (κ2) is 8.41. The largest absolute Gasteiger partial charge is 0.486 e. The summed E-state index contributed by atoms with van der Waals surface area (Å²) in [6.07, 6.45) is 10.6. The van der Waals surface area contributed by atoms with E-state index in [2.05, 4.69) is 6.92 Å². The second-order valence-corrected chi connectivity index (χ2v) is 8.93. The molecule has 2 unspecified atom stereocenters. The number of rotatable bonds is 4. The molecule has 4 heteroatoms. The molecule has 0 spiro atoms. The number of ether oxygens (including phenoxy) is 1. The first-order valence-electron chi connectivity index (χ1n) is 10.8. The van der Waals surface area contributed by atoms with Crippen molar-refractivity contribution < 1.29 is 17.9 Å². The van der Waals surface area contributed by atoms with Gasteiger partial charge in [-0.05, 0) is 85.8 Å². The Bertz CT molecular complexity index is 920. The molecule has 0 N–H and O–H groups in total. The summed E-state index contributed by atoms with van der Waals surface area (Å²) in [7, 11) is 0. The van der Waals surface area contributed by atoms with E-state index in [1.54, 1.807) is 12.2 Å². The van der Waals surface area contributed by atoms with Crippen LogP contribution in [-0.4, -0.2) is 6.61 Å². The summed E-state index contributed by atoms with van der Waals surface area (Å²) in [6, 6.07) is 4.68. The number of benzene rings is 2. The van der Waals surface area contributed by atoms with Crippen LogP contribution >= 0.6 is 0 Å². The third-order valence-electron chi connectivity index (χ3n) is 6.98. The number of allylic oxidation sites excluding steroid dienone is 1. The number of hydrogen-bond donors (Lipinski definition) is 0. The van der Waals surface area contributed by atoms with Gasteiger partial charge in [0.2, 0.25) is 5.82 Å². The van der Waals surface area contributed by atoms with Crippen molar-refractivity contribution in [2.24, 2.45) is 17.8 Å². The van der Waals surface area contributed by atoms with E-state index in [9.17, 15) is 13.2 Å². The molecule has 0 aliphatic heterocycles. The Hall–Kier alpha value is -1.97. The van der Waals surface area contributed by atoms with Gasteiger partial charge in [-0.15, -0.1) is 0 Å². The molecule has 0 aromatic heterocycles. The maximum atomic E-state index is 14.8. The molecule has 4 rings (SSSR count). The van der Waals surface area contributed by atoms with Crippen molar-refractivity contribution in [2.45, 2.75) is 58.3 Å². The number of halogens is 3. The molecular weight excluding hydrogens is 373 g/mol. The van der Waals surface area contributed by atoms with Crippen LogP contribution in [0.1, 0.15) is 63.9 Å². The molecule has 2 fully saturated rings. The molecule has 156 valence electrons. The smallest absolute Gasteiger partial charge is 0.201 e. The van der Waals surface area contributed by atoms with Gasteiger partial charge < -0.3 is 4.74 Å². The van der Waals surface area contributed by atoms with Crippen LogP contribution in [0, 0.1) is 35.2 Å². The number of hydrogen-bond acceptors (Lipinski definition) is 1. The van der Waals surface area contributed by atoms with Gasteiger partial charge in [-0.2, -0.15) is 4.39 Å². The molecular formula is C25H29F3O. The third kappa shape index (κ3) is 4.04. The Morgan fingerprint density at radius 3 is 2.52 bits per heavy atom. The zero-order valence-corrected chi connectivity index (χ0v) is 17.2. The van der Waals surface area contributed by atoms with Crippen LogP contribution in [0.5, 0.6) is 5.75 Å². The van der Waals surface area contributed by atoms with Crippen molar-refractivity contribution in [3.8, 4) is 5.75 Å². The lowest BCUT2D eigenvalue weighted by Crippen LogP contribution is -2.29. The summed E-state index contributed by atoms with van der Waals surface area (Å²) in [5, 5.41) is 0.0820. The van der Waals surface area contributed by atoms with E-state index in [0.717, 1.165) is 30.2 Å². The molecule has 0 radical (unpaired) electrons. The topological polar surface area (TPSA) is 9.23 Å². The quantitative estimate of drug-likeness (QED) is 0.480. The normalized spacial score (nSPS) is 27.3. The highest BCUT2D eigenvalue weighted by atomic mass is 19.2. The van der Waals surface area contributed by atoms with Gasteiger partial charge in [0, 0.05) is 0 Å². The van der Waals surface area contributed by atoms with E-state index in [1.165, 1.54) is 37.8 Å². The molecule has 2 aromatic rings. The zero-order valence-electron chi connectivity index (χ0n) is 17.2. The van der Waals surface area contributed by atoms with E-state index >= 15 is 0 Å². The minimum atomic E-state index is -1.17. The SMILES string of the molecule is C/C=C/COc1cc2cc([C@@H]3CC[C@@H]4CC(C)CCC4C3)cc(F)c2c(F)c1F. The maximum absolute atomic E-state index is 14.8. The first-order valence-corrected chi connectivity index (χ1v) is 10.8. The van der Waals surface area contributed by atoms with Gasteiger partial charge in [-0.3, -0.25) is 0 Å². The molecule has 29 heavy (non-hydrogen) atoms. The fourth-order valence-corrected chi connectivity index (χ4v) is 5.42. The van der Waals surface area contributed by atoms with E-state index in [4.69, 9.17) is 4.74 Å². The summed E-state index contributed by atoms with van der Waals surface area (Å²) in [5.74, 6) is -0.582. The maximum Gasteiger partial charge on any atom is 0.201 e. The van der Waals surface area contributed by atoms with Gasteiger partial charge in [0.05, 0.1) is 5.39 Å². The third-order valence-corrected chi connectivity index (χ3v) is 6.98. The minimum absolute atomic E-state index is 0.144. The van der Waals surface area contributed by atoms with Crippen molar-refractivity contribution >= 4 is 10.8 Å². The Labute approximate surface area is 170 Å². The van der Waals surface area contributed by atoms with Crippen molar-refractivity contribution in [3.05, 3.63) is 53.4 Å². The molecule has 0 saturated heterocycles. The molecule has 2 aromatic carbocycles. The molecule has 2 aliphatic carbocycles. The van der Waals surface area contributed by atoms with Gasteiger partial charge in [-0.1, -0.05) is 31.6 Å². The Kier molecular flexibility index (Phi) is 5.89. The van der Waals surface area contributed by atoms with E-state index in [1.807, 2.05) is 13.0 Å². The van der Waals surface area contributed by atoms with E-state index in [0.29, 0.717) is 11.3 Å². The van der Waals surface area contributed by atoms with E-state index in [-0.39, 0.29) is 23.7 Å². The van der Waals surface area contributed by atoms with Crippen molar-refractivity contribution in [3.63, 3.8) is 0 Å². The highest BCUT2D eigenvalue weighted by Gasteiger charge is 2.35. The molecule has 0 heterocycles. The zero-order chi connectivity index (χ0) is 20.5. The van der Waals surface area contributed by atoms with Crippen molar-refractivity contribution in [1.82, 2.24) is 0 Å². The van der Waals surface area contributed by atoms with Crippen LogP contribution in [0.3, 0.4) is 0 Å². The molecule has 1 nitrogen and oxygen atoms in total. The minimum Gasteiger partial charge on any atom is -0.486 e. The average Bonchev–Trinajstić information content (AvgIpc) is 2.70. The summed E-state index contributed by atoms with van der Waals surface area (Å²) in [4.78, 5) is 0. The first kappa shape index (κ1) is 20.3. The second-order valence-electron chi connectivity index (χ2n) is 8.93. The average molecular weight is 403 g/mol. The van der Waals surface area contributed by atoms with Crippen molar-refractivity contribution in [1.29, 1.82) is 0 Å². The van der Waals surface area contributed by atoms with Crippen LogP contribution in [-0.2, 0) is 0 Å².